The van der Waals surface area contributed by atoms with Gasteiger partial charge in [-0.25, -0.2) is 0 Å². The smallest absolute Gasteiger partial charge is 0.228 e. The van der Waals surface area contributed by atoms with E-state index in [1.807, 2.05) is 12.1 Å². The average Bonchev–Trinajstić information content (AvgIpc) is 2.42. The number of hydrogen-bond donors (Lipinski definition) is 0. The molecule has 106 valence electrons. The quantitative estimate of drug-likeness (QED) is 0.823. The number of fused-ring (bicyclic) bond motifs is 1. The third kappa shape index (κ3) is 2.98. The third-order valence-electron chi connectivity index (χ3n) is 3.55. The lowest BCUT2D eigenvalue weighted by atomic mass is 9.90. The van der Waals surface area contributed by atoms with E-state index in [2.05, 4.69) is 13.8 Å². The fourth-order valence-corrected chi connectivity index (χ4v) is 2.41. The highest BCUT2D eigenvalue weighted by Gasteiger charge is 2.26. The van der Waals surface area contributed by atoms with Gasteiger partial charge in [-0.15, -0.1) is 0 Å². The number of ether oxygens (including phenoxy) is 1. The Bertz CT molecular complexity index is 568. The van der Waals surface area contributed by atoms with Crippen LogP contribution in [0, 0.1) is 5.92 Å². The van der Waals surface area contributed by atoms with Gasteiger partial charge in [0.1, 0.15) is 0 Å². The Balaban J connectivity index is 2.22. The number of hydrogen-bond acceptors (Lipinski definition) is 3. The summed E-state index contributed by atoms with van der Waals surface area (Å²) < 4.78 is 4.97. The van der Waals surface area contributed by atoms with Gasteiger partial charge in [-0.2, -0.15) is 0 Å². The summed E-state index contributed by atoms with van der Waals surface area (Å²) in [4.78, 5) is 24.1. The van der Waals surface area contributed by atoms with Crippen molar-refractivity contribution in [2.45, 2.75) is 33.1 Å². The van der Waals surface area contributed by atoms with E-state index in [0.717, 1.165) is 24.8 Å². The van der Waals surface area contributed by atoms with Crippen LogP contribution in [0.4, 0.5) is 0 Å². The third-order valence-corrected chi connectivity index (χ3v) is 3.55. The zero-order chi connectivity index (χ0) is 14.7. The molecule has 2 rings (SSSR count). The first kappa shape index (κ1) is 14.5. The minimum absolute atomic E-state index is 0.127. The van der Waals surface area contributed by atoms with Gasteiger partial charge < -0.3 is 4.74 Å². The van der Waals surface area contributed by atoms with Crippen LogP contribution in [0.25, 0.3) is 0 Å². The minimum Gasteiger partial charge on any atom is -0.492 e. The lowest BCUT2D eigenvalue weighted by molar-refractivity contribution is 0.0916. The molecule has 0 bridgehead atoms. The first-order valence-electron chi connectivity index (χ1n) is 7.00. The van der Waals surface area contributed by atoms with Crippen LogP contribution in [0.15, 0.2) is 30.0 Å². The molecule has 0 amide bonds. The van der Waals surface area contributed by atoms with E-state index in [4.69, 9.17) is 4.74 Å². The van der Waals surface area contributed by atoms with Gasteiger partial charge in [0.25, 0.3) is 0 Å². The summed E-state index contributed by atoms with van der Waals surface area (Å²) in [6.45, 7) is 4.40. The van der Waals surface area contributed by atoms with Gasteiger partial charge in [0.15, 0.2) is 11.5 Å². The minimum atomic E-state index is -0.201. The molecule has 0 saturated carbocycles. The Hall–Kier alpha value is -1.90. The van der Waals surface area contributed by atoms with Crippen LogP contribution in [0.2, 0.25) is 0 Å². The lowest BCUT2D eigenvalue weighted by Crippen LogP contribution is -2.18. The molecule has 0 heterocycles. The SMILES string of the molecule is COC1=CC(=O)c2ccc(CCCC(C)C)cc2C1=O. The molecule has 0 atom stereocenters. The van der Waals surface area contributed by atoms with Crippen LogP contribution in [0.1, 0.15) is 53.0 Å². The van der Waals surface area contributed by atoms with E-state index in [1.165, 1.54) is 13.2 Å². The van der Waals surface area contributed by atoms with E-state index in [-0.39, 0.29) is 17.3 Å². The summed E-state index contributed by atoms with van der Waals surface area (Å²) in [5, 5.41) is 0. The molecule has 1 aromatic carbocycles. The normalized spacial score (nSPS) is 14.3. The molecule has 1 aliphatic carbocycles. The molecule has 1 aliphatic rings. The maximum atomic E-state index is 12.2. The Morgan fingerprint density at radius 1 is 1.15 bits per heavy atom. The summed E-state index contributed by atoms with van der Waals surface area (Å²) in [5.74, 6) is 0.443. The highest BCUT2D eigenvalue weighted by molar-refractivity contribution is 6.23. The number of ketones is 2. The fourth-order valence-electron chi connectivity index (χ4n) is 2.41. The molecule has 0 spiro atoms. The topological polar surface area (TPSA) is 43.4 Å². The largest absolute Gasteiger partial charge is 0.492 e. The number of Topliss-reactive ketones (excluding diaryl/α,β-unsaturated/α-hetero) is 1. The van der Waals surface area contributed by atoms with Crippen LogP contribution in [0.3, 0.4) is 0 Å². The van der Waals surface area contributed by atoms with Crippen molar-refractivity contribution in [1.82, 2.24) is 0 Å². The molecule has 3 nitrogen and oxygen atoms in total. The molecular formula is C17H20O3. The number of rotatable bonds is 5. The maximum absolute atomic E-state index is 12.2. The zero-order valence-corrected chi connectivity index (χ0v) is 12.2. The number of benzene rings is 1. The van der Waals surface area contributed by atoms with E-state index >= 15 is 0 Å². The molecule has 0 unspecified atom stereocenters. The van der Waals surface area contributed by atoms with Crippen LogP contribution < -0.4 is 0 Å². The van der Waals surface area contributed by atoms with Gasteiger partial charge >= 0.3 is 0 Å². The number of allylic oxidation sites excluding steroid dienone is 2. The molecule has 20 heavy (non-hydrogen) atoms. The predicted octanol–water partition coefficient (Wildman–Crippen LogP) is 3.57. The molecule has 0 aliphatic heterocycles. The van der Waals surface area contributed by atoms with Gasteiger partial charge in [-0.1, -0.05) is 32.4 Å². The molecule has 1 aromatic rings. The second-order valence-electron chi connectivity index (χ2n) is 5.57. The molecule has 3 heteroatoms. The molecular weight excluding hydrogens is 252 g/mol. The number of carbonyl (C=O) groups excluding carboxylic acids is 2. The number of aryl methyl sites for hydroxylation is 1. The van der Waals surface area contributed by atoms with Gasteiger partial charge in [-0.3, -0.25) is 9.59 Å². The Morgan fingerprint density at radius 3 is 2.55 bits per heavy atom. The first-order chi connectivity index (χ1) is 9.52. The molecule has 0 N–H and O–H groups in total. The van der Waals surface area contributed by atoms with E-state index in [0.29, 0.717) is 17.0 Å². The Morgan fingerprint density at radius 2 is 1.90 bits per heavy atom. The van der Waals surface area contributed by atoms with Crippen LogP contribution >= 0.6 is 0 Å². The van der Waals surface area contributed by atoms with Crippen molar-refractivity contribution in [3.63, 3.8) is 0 Å². The van der Waals surface area contributed by atoms with Gasteiger partial charge in [0.2, 0.25) is 5.78 Å². The number of carbonyl (C=O) groups is 2. The summed E-state index contributed by atoms with van der Waals surface area (Å²) >= 11 is 0. The van der Waals surface area contributed by atoms with E-state index in [1.54, 1.807) is 6.07 Å². The molecule has 0 aromatic heterocycles. The standard InChI is InChI=1S/C17H20O3/c1-11(2)5-4-6-12-7-8-13-14(9-12)17(19)16(20-3)10-15(13)18/h7-11H,4-6H2,1-3H3. The van der Waals surface area contributed by atoms with Crippen molar-refractivity contribution in [3.8, 4) is 0 Å². The van der Waals surface area contributed by atoms with Gasteiger partial charge in [0, 0.05) is 17.2 Å². The monoisotopic (exact) mass is 272 g/mol. The predicted molar refractivity (Wildman–Crippen MR) is 78.0 cm³/mol. The molecule has 0 fully saturated rings. The van der Waals surface area contributed by atoms with Crippen molar-refractivity contribution < 1.29 is 14.3 Å². The summed E-state index contributed by atoms with van der Waals surface area (Å²) in [7, 11) is 1.41. The molecule has 0 saturated heterocycles. The van der Waals surface area contributed by atoms with Gasteiger partial charge in [0.05, 0.1) is 7.11 Å². The summed E-state index contributed by atoms with van der Waals surface area (Å²) in [6.07, 6.45) is 4.45. The first-order valence-corrected chi connectivity index (χ1v) is 7.00. The highest BCUT2D eigenvalue weighted by Crippen LogP contribution is 2.23. The van der Waals surface area contributed by atoms with Crippen molar-refractivity contribution in [2.75, 3.05) is 7.11 Å². The van der Waals surface area contributed by atoms with Crippen molar-refractivity contribution in [1.29, 1.82) is 0 Å². The Kier molecular flexibility index (Phi) is 4.38. The summed E-state index contributed by atoms with van der Waals surface area (Å²) in [5.41, 5.74) is 2.04. The van der Waals surface area contributed by atoms with Crippen molar-refractivity contribution in [3.05, 3.63) is 46.7 Å². The average molecular weight is 272 g/mol. The lowest BCUT2D eigenvalue weighted by Gasteiger charge is -2.15. The van der Waals surface area contributed by atoms with Gasteiger partial charge in [-0.05, 0) is 30.4 Å². The van der Waals surface area contributed by atoms with Crippen LogP contribution in [-0.4, -0.2) is 18.7 Å². The van der Waals surface area contributed by atoms with E-state index < -0.39 is 0 Å². The Labute approximate surface area is 119 Å². The zero-order valence-electron chi connectivity index (χ0n) is 12.2. The van der Waals surface area contributed by atoms with Crippen molar-refractivity contribution in [2.24, 2.45) is 5.92 Å². The van der Waals surface area contributed by atoms with Crippen LogP contribution in [0.5, 0.6) is 0 Å². The van der Waals surface area contributed by atoms with Crippen molar-refractivity contribution >= 4 is 11.6 Å². The second kappa shape index (κ2) is 6.04. The highest BCUT2D eigenvalue weighted by atomic mass is 16.5. The summed E-state index contributed by atoms with van der Waals surface area (Å²) in [6, 6.07) is 5.53. The maximum Gasteiger partial charge on any atom is 0.228 e. The van der Waals surface area contributed by atoms with E-state index in [9.17, 15) is 9.59 Å². The molecule has 0 radical (unpaired) electrons. The fraction of sp³-hybridized carbons (Fsp3) is 0.412. The van der Waals surface area contributed by atoms with Crippen LogP contribution in [-0.2, 0) is 11.2 Å². The number of methoxy groups -OCH3 is 1. The second-order valence-corrected chi connectivity index (χ2v) is 5.57.